The lowest BCUT2D eigenvalue weighted by Crippen LogP contribution is -2.42. The predicted molar refractivity (Wildman–Crippen MR) is 53.4 cm³/mol. The van der Waals surface area contributed by atoms with Gasteiger partial charge in [0.2, 0.25) is 5.91 Å². The molecule has 4 heteroatoms. The number of carbonyl (C=O) groups excluding carboxylic acids is 1. The van der Waals surface area contributed by atoms with Gasteiger partial charge in [-0.15, -0.1) is 0 Å². The van der Waals surface area contributed by atoms with E-state index in [9.17, 15) is 4.79 Å². The van der Waals surface area contributed by atoms with E-state index in [1.807, 2.05) is 0 Å². The van der Waals surface area contributed by atoms with Gasteiger partial charge < -0.3 is 10.6 Å². The van der Waals surface area contributed by atoms with E-state index in [1.54, 1.807) is 7.05 Å². The molecular formula is C10H17N3O. The zero-order chi connectivity index (χ0) is 10.4. The highest BCUT2D eigenvalue weighted by Gasteiger charge is 2.24. The quantitative estimate of drug-likeness (QED) is 0.685. The van der Waals surface area contributed by atoms with Crippen LogP contribution in [0, 0.1) is 17.2 Å². The summed E-state index contributed by atoms with van der Waals surface area (Å²) >= 11 is 0. The number of nitriles is 1. The first-order chi connectivity index (χ1) is 6.77. The van der Waals surface area contributed by atoms with Crippen LogP contribution in [-0.2, 0) is 4.79 Å². The topological polar surface area (TPSA) is 64.9 Å². The van der Waals surface area contributed by atoms with Crippen molar-refractivity contribution in [1.29, 1.82) is 5.26 Å². The van der Waals surface area contributed by atoms with Crippen LogP contribution in [-0.4, -0.2) is 25.5 Å². The Labute approximate surface area is 84.7 Å². The van der Waals surface area contributed by atoms with Crippen molar-refractivity contribution in [2.24, 2.45) is 5.92 Å². The number of rotatable bonds is 3. The van der Waals surface area contributed by atoms with Crippen LogP contribution in [0.25, 0.3) is 0 Å². The van der Waals surface area contributed by atoms with Gasteiger partial charge in [-0.3, -0.25) is 4.79 Å². The fourth-order valence-corrected chi connectivity index (χ4v) is 1.84. The van der Waals surface area contributed by atoms with Gasteiger partial charge in [0.15, 0.2) is 0 Å². The van der Waals surface area contributed by atoms with Crippen LogP contribution in [0.2, 0.25) is 0 Å². The number of hydrogen-bond acceptors (Lipinski definition) is 3. The highest BCUT2D eigenvalue weighted by Crippen LogP contribution is 2.23. The second-order valence-electron chi connectivity index (χ2n) is 3.68. The summed E-state index contributed by atoms with van der Waals surface area (Å²) in [5.74, 6) is 0.0562. The van der Waals surface area contributed by atoms with Crippen LogP contribution >= 0.6 is 0 Å². The molecule has 0 aliphatic heterocycles. The molecule has 1 fully saturated rings. The average molecular weight is 195 g/mol. The molecule has 14 heavy (non-hydrogen) atoms. The van der Waals surface area contributed by atoms with E-state index < -0.39 is 0 Å². The minimum absolute atomic E-state index is 0.0211. The number of amides is 1. The number of carbonyl (C=O) groups is 1. The third-order valence-corrected chi connectivity index (χ3v) is 2.74. The molecule has 78 valence electrons. The maximum Gasteiger partial charge on any atom is 0.233 e. The molecule has 2 atom stereocenters. The molecule has 2 N–H and O–H groups in total. The van der Waals surface area contributed by atoms with Crippen molar-refractivity contribution in [1.82, 2.24) is 10.6 Å². The van der Waals surface area contributed by atoms with Gasteiger partial charge in [0.05, 0.1) is 18.5 Å². The monoisotopic (exact) mass is 195 g/mol. The smallest absolute Gasteiger partial charge is 0.233 e. The lowest BCUT2D eigenvalue weighted by Gasteiger charge is -2.27. The van der Waals surface area contributed by atoms with Crippen molar-refractivity contribution >= 4 is 5.91 Å². The van der Waals surface area contributed by atoms with Crippen molar-refractivity contribution in [3.63, 3.8) is 0 Å². The zero-order valence-corrected chi connectivity index (χ0v) is 8.55. The molecule has 0 saturated heterocycles. The van der Waals surface area contributed by atoms with Gasteiger partial charge in [-0.25, -0.2) is 0 Å². The first-order valence-electron chi connectivity index (χ1n) is 5.11. The number of hydrogen-bond donors (Lipinski definition) is 2. The summed E-state index contributed by atoms with van der Waals surface area (Å²) in [7, 11) is 1.62. The molecule has 1 rings (SSSR count). The normalized spacial score (nSPS) is 26.6. The van der Waals surface area contributed by atoms with Crippen LogP contribution in [0.5, 0.6) is 0 Å². The SMILES string of the molecule is CNC(=O)CNC1CCCCC1C#N. The summed E-state index contributed by atoms with van der Waals surface area (Å²) in [4.78, 5) is 11.0. The number of nitrogens with zero attached hydrogens (tertiary/aromatic N) is 1. The summed E-state index contributed by atoms with van der Waals surface area (Å²) in [5, 5.41) is 14.6. The third-order valence-electron chi connectivity index (χ3n) is 2.74. The fourth-order valence-electron chi connectivity index (χ4n) is 1.84. The second-order valence-corrected chi connectivity index (χ2v) is 3.68. The summed E-state index contributed by atoms with van der Waals surface area (Å²) in [6.45, 7) is 0.319. The predicted octanol–water partition coefficient (Wildman–Crippen LogP) is 0.404. The molecule has 0 heterocycles. The maximum atomic E-state index is 11.0. The van der Waals surface area contributed by atoms with Crippen molar-refractivity contribution in [3.8, 4) is 6.07 Å². The molecule has 4 nitrogen and oxygen atoms in total. The molecule has 0 bridgehead atoms. The van der Waals surface area contributed by atoms with Crippen LogP contribution < -0.4 is 10.6 Å². The van der Waals surface area contributed by atoms with E-state index in [1.165, 1.54) is 0 Å². The molecular weight excluding hydrogens is 178 g/mol. The first-order valence-corrected chi connectivity index (χ1v) is 5.11. The van der Waals surface area contributed by atoms with E-state index in [0.717, 1.165) is 25.7 Å². The number of likely N-dealkylation sites (N-methyl/N-ethyl adjacent to an activating group) is 1. The van der Waals surface area contributed by atoms with Gasteiger partial charge in [0, 0.05) is 13.1 Å². The Bertz CT molecular complexity index is 234. The Morgan fingerprint density at radius 2 is 2.21 bits per heavy atom. The van der Waals surface area contributed by atoms with Crippen LogP contribution in [0.3, 0.4) is 0 Å². The zero-order valence-electron chi connectivity index (χ0n) is 8.55. The highest BCUT2D eigenvalue weighted by atomic mass is 16.1. The van der Waals surface area contributed by atoms with Crippen molar-refractivity contribution < 1.29 is 4.79 Å². The van der Waals surface area contributed by atoms with Gasteiger partial charge in [-0.05, 0) is 12.8 Å². The van der Waals surface area contributed by atoms with Gasteiger partial charge in [-0.1, -0.05) is 12.8 Å². The van der Waals surface area contributed by atoms with Gasteiger partial charge in [0.1, 0.15) is 0 Å². The molecule has 1 saturated carbocycles. The maximum absolute atomic E-state index is 11.0. The van der Waals surface area contributed by atoms with Crippen molar-refractivity contribution in [2.75, 3.05) is 13.6 Å². The lowest BCUT2D eigenvalue weighted by molar-refractivity contribution is -0.119. The highest BCUT2D eigenvalue weighted by molar-refractivity contribution is 5.77. The average Bonchev–Trinajstić information content (AvgIpc) is 2.26. The second kappa shape index (κ2) is 5.61. The largest absolute Gasteiger partial charge is 0.358 e. The molecule has 1 aliphatic rings. The van der Waals surface area contributed by atoms with E-state index in [-0.39, 0.29) is 17.9 Å². The van der Waals surface area contributed by atoms with Gasteiger partial charge in [0.25, 0.3) is 0 Å². The van der Waals surface area contributed by atoms with Crippen LogP contribution in [0.1, 0.15) is 25.7 Å². The summed E-state index contributed by atoms with van der Waals surface area (Å²) in [6.07, 6.45) is 4.26. The summed E-state index contributed by atoms with van der Waals surface area (Å²) in [5.41, 5.74) is 0. The van der Waals surface area contributed by atoms with Gasteiger partial charge >= 0.3 is 0 Å². The van der Waals surface area contributed by atoms with Crippen molar-refractivity contribution in [2.45, 2.75) is 31.7 Å². The third kappa shape index (κ3) is 3.00. The Hall–Kier alpha value is -1.08. The van der Waals surface area contributed by atoms with E-state index in [4.69, 9.17) is 5.26 Å². The van der Waals surface area contributed by atoms with E-state index in [2.05, 4.69) is 16.7 Å². The lowest BCUT2D eigenvalue weighted by atomic mass is 9.85. The van der Waals surface area contributed by atoms with E-state index in [0.29, 0.717) is 6.54 Å². The first kappa shape index (κ1) is 11.0. The van der Waals surface area contributed by atoms with Crippen LogP contribution in [0.15, 0.2) is 0 Å². The Balaban J connectivity index is 2.34. The summed E-state index contributed by atoms with van der Waals surface area (Å²) < 4.78 is 0. The molecule has 0 aromatic rings. The molecule has 0 radical (unpaired) electrons. The molecule has 2 unspecified atom stereocenters. The van der Waals surface area contributed by atoms with Crippen LogP contribution in [0.4, 0.5) is 0 Å². The molecule has 1 aliphatic carbocycles. The van der Waals surface area contributed by atoms with Gasteiger partial charge in [-0.2, -0.15) is 5.26 Å². The minimum atomic E-state index is -0.0211. The molecule has 0 aromatic heterocycles. The Morgan fingerprint density at radius 3 is 2.86 bits per heavy atom. The van der Waals surface area contributed by atoms with Crippen molar-refractivity contribution in [3.05, 3.63) is 0 Å². The summed E-state index contributed by atoms with van der Waals surface area (Å²) in [6, 6.07) is 2.50. The molecule has 0 spiro atoms. The minimum Gasteiger partial charge on any atom is -0.358 e. The van der Waals surface area contributed by atoms with E-state index >= 15 is 0 Å². The molecule has 0 aromatic carbocycles. The number of nitrogens with one attached hydrogen (secondary N) is 2. The fraction of sp³-hybridized carbons (Fsp3) is 0.800. The Morgan fingerprint density at radius 1 is 1.50 bits per heavy atom. The molecule has 1 amide bonds. The standard InChI is InChI=1S/C10H17N3O/c1-12-10(14)7-13-9-5-3-2-4-8(9)6-11/h8-9,13H,2-5,7H2,1H3,(H,12,14). The Kier molecular flexibility index (Phi) is 4.41.